The Bertz CT molecular complexity index is 1320. The Balaban J connectivity index is 1.37. The Morgan fingerprint density at radius 1 is 0.833 bits per heavy atom. The number of nitrogens with zero attached hydrogens (tertiary/aromatic N) is 1. The lowest BCUT2D eigenvalue weighted by Crippen LogP contribution is -2.31. The zero-order valence-electron chi connectivity index (χ0n) is 19.2. The molecular formula is C28H23F3N2O3. The highest BCUT2D eigenvalue weighted by Crippen LogP contribution is 2.45. The van der Waals surface area contributed by atoms with Crippen molar-refractivity contribution in [2.75, 3.05) is 10.2 Å². The van der Waals surface area contributed by atoms with E-state index in [-0.39, 0.29) is 34.7 Å². The molecule has 1 heterocycles. The van der Waals surface area contributed by atoms with Gasteiger partial charge in [-0.05, 0) is 61.1 Å². The Morgan fingerprint density at radius 2 is 1.53 bits per heavy atom. The van der Waals surface area contributed by atoms with Gasteiger partial charge in [-0.1, -0.05) is 48.5 Å². The number of hydrogen-bond acceptors (Lipinski definition) is 3. The van der Waals surface area contributed by atoms with Crippen LogP contribution in [0.5, 0.6) is 0 Å². The molecule has 3 atom stereocenters. The third-order valence-corrected chi connectivity index (χ3v) is 7.04. The van der Waals surface area contributed by atoms with Gasteiger partial charge < -0.3 is 5.32 Å². The van der Waals surface area contributed by atoms with Crippen LogP contribution in [0.25, 0.3) is 0 Å². The van der Waals surface area contributed by atoms with E-state index >= 15 is 0 Å². The van der Waals surface area contributed by atoms with Gasteiger partial charge in [-0.25, -0.2) is 0 Å². The topological polar surface area (TPSA) is 66.5 Å². The van der Waals surface area contributed by atoms with Crippen LogP contribution in [0.1, 0.15) is 46.7 Å². The van der Waals surface area contributed by atoms with Gasteiger partial charge in [0.2, 0.25) is 11.8 Å². The number of hydrogen-bond donors (Lipinski definition) is 1. The number of rotatable bonds is 4. The zero-order chi connectivity index (χ0) is 25.4. The summed E-state index contributed by atoms with van der Waals surface area (Å²) < 4.78 is 39.9. The molecule has 1 N–H and O–H groups in total. The van der Waals surface area contributed by atoms with E-state index in [0.29, 0.717) is 12.8 Å². The minimum atomic E-state index is -4.63. The molecule has 184 valence electrons. The summed E-state index contributed by atoms with van der Waals surface area (Å²) in [7, 11) is 0. The van der Waals surface area contributed by atoms with Crippen LogP contribution in [0.15, 0.2) is 78.9 Å². The van der Waals surface area contributed by atoms with Gasteiger partial charge in [0, 0.05) is 5.56 Å². The quantitative estimate of drug-likeness (QED) is 0.452. The van der Waals surface area contributed by atoms with Crippen molar-refractivity contribution in [3.8, 4) is 0 Å². The molecule has 2 fully saturated rings. The van der Waals surface area contributed by atoms with E-state index in [4.69, 9.17) is 0 Å². The SMILES string of the molecule is O=C(Nc1ccccc1C(F)(F)F)c1cccc(N2C(=O)[C@H]3CC[C@@H](c4ccccc4)C[C@H]3C2=O)c1. The van der Waals surface area contributed by atoms with Gasteiger partial charge in [0.1, 0.15) is 0 Å². The second kappa shape index (κ2) is 9.26. The molecular weight excluding hydrogens is 469 g/mol. The first-order valence-corrected chi connectivity index (χ1v) is 11.7. The number of alkyl halides is 3. The van der Waals surface area contributed by atoms with Crippen molar-refractivity contribution in [1.29, 1.82) is 0 Å². The molecule has 0 spiro atoms. The van der Waals surface area contributed by atoms with Crippen LogP contribution in [0.3, 0.4) is 0 Å². The van der Waals surface area contributed by atoms with E-state index in [0.717, 1.165) is 23.0 Å². The molecule has 1 aliphatic carbocycles. The summed E-state index contributed by atoms with van der Waals surface area (Å²) in [5.74, 6) is -2.02. The number of amides is 3. The van der Waals surface area contributed by atoms with Crippen molar-refractivity contribution in [3.63, 3.8) is 0 Å². The van der Waals surface area contributed by atoms with Crippen molar-refractivity contribution in [2.24, 2.45) is 11.8 Å². The summed E-state index contributed by atoms with van der Waals surface area (Å²) >= 11 is 0. The average molecular weight is 492 g/mol. The highest BCUT2D eigenvalue weighted by atomic mass is 19.4. The summed E-state index contributed by atoms with van der Waals surface area (Å²) in [4.78, 5) is 40.5. The van der Waals surface area contributed by atoms with Gasteiger partial charge in [0.15, 0.2) is 0 Å². The number of carbonyl (C=O) groups is 3. The van der Waals surface area contributed by atoms with Gasteiger partial charge in [-0.15, -0.1) is 0 Å². The molecule has 0 radical (unpaired) electrons. The molecule has 36 heavy (non-hydrogen) atoms. The zero-order valence-corrected chi connectivity index (χ0v) is 19.2. The normalized spacial score (nSPS) is 21.9. The smallest absolute Gasteiger partial charge is 0.321 e. The Labute approximate surface area is 205 Å². The fourth-order valence-corrected chi connectivity index (χ4v) is 5.28. The second-order valence-electron chi connectivity index (χ2n) is 9.19. The molecule has 1 saturated heterocycles. The van der Waals surface area contributed by atoms with Crippen molar-refractivity contribution < 1.29 is 27.6 Å². The lowest BCUT2D eigenvalue weighted by atomic mass is 9.73. The summed E-state index contributed by atoms with van der Waals surface area (Å²) in [6.07, 6.45) is -2.66. The third-order valence-electron chi connectivity index (χ3n) is 7.04. The molecule has 3 aromatic rings. The third kappa shape index (κ3) is 4.39. The van der Waals surface area contributed by atoms with Crippen LogP contribution in [0.4, 0.5) is 24.5 Å². The van der Waals surface area contributed by atoms with Crippen molar-refractivity contribution in [3.05, 3.63) is 95.6 Å². The summed E-state index contributed by atoms with van der Waals surface area (Å²) in [6, 6.07) is 20.5. The molecule has 0 aromatic heterocycles. The van der Waals surface area contributed by atoms with Crippen LogP contribution >= 0.6 is 0 Å². The minimum Gasteiger partial charge on any atom is -0.321 e. The number of fused-ring (bicyclic) bond motifs is 1. The van der Waals surface area contributed by atoms with E-state index < -0.39 is 29.5 Å². The molecule has 1 aliphatic heterocycles. The largest absolute Gasteiger partial charge is 0.418 e. The van der Waals surface area contributed by atoms with Gasteiger partial charge in [-0.2, -0.15) is 13.2 Å². The molecule has 5 nitrogen and oxygen atoms in total. The van der Waals surface area contributed by atoms with Crippen molar-refractivity contribution in [2.45, 2.75) is 31.4 Å². The first kappa shape index (κ1) is 23.8. The summed E-state index contributed by atoms with van der Waals surface area (Å²) in [6.45, 7) is 0. The van der Waals surface area contributed by atoms with Crippen LogP contribution < -0.4 is 10.2 Å². The minimum absolute atomic E-state index is 0.0436. The first-order valence-electron chi connectivity index (χ1n) is 11.7. The molecule has 5 rings (SSSR count). The van der Waals surface area contributed by atoms with Crippen LogP contribution in [-0.2, 0) is 15.8 Å². The van der Waals surface area contributed by atoms with E-state index in [9.17, 15) is 27.6 Å². The summed E-state index contributed by atoms with van der Waals surface area (Å²) in [5, 5.41) is 2.30. The fraction of sp³-hybridized carbons (Fsp3) is 0.250. The first-order chi connectivity index (χ1) is 17.2. The van der Waals surface area contributed by atoms with Crippen molar-refractivity contribution >= 4 is 29.1 Å². The summed E-state index contributed by atoms with van der Waals surface area (Å²) in [5.41, 5.74) is 0.102. The molecule has 3 aromatic carbocycles. The highest BCUT2D eigenvalue weighted by Gasteiger charge is 2.50. The molecule has 0 unspecified atom stereocenters. The predicted molar refractivity (Wildman–Crippen MR) is 128 cm³/mol. The number of benzene rings is 3. The number of nitrogens with one attached hydrogen (secondary N) is 1. The van der Waals surface area contributed by atoms with Crippen molar-refractivity contribution in [1.82, 2.24) is 0 Å². The van der Waals surface area contributed by atoms with Gasteiger partial charge >= 0.3 is 6.18 Å². The van der Waals surface area contributed by atoms with Crippen LogP contribution in [0.2, 0.25) is 0 Å². The molecule has 1 saturated carbocycles. The molecule has 3 amide bonds. The second-order valence-corrected chi connectivity index (χ2v) is 9.19. The van der Waals surface area contributed by atoms with Crippen LogP contribution in [0, 0.1) is 11.8 Å². The fourth-order valence-electron chi connectivity index (χ4n) is 5.28. The van der Waals surface area contributed by atoms with Gasteiger partial charge in [0.05, 0.1) is 28.8 Å². The van der Waals surface area contributed by atoms with E-state index in [1.165, 1.54) is 36.4 Å². The number of carbonyl (C=O) groups excluding carboxylic acids is 3. The number of anilines is 2. The lowest BCUT2D eigenvalue weighted by Gasteiger charge is -2.28. The molecule has 8 heteroatoms. The standard InChI is InChI=1S/C28H23F3N2O3/c29-28(30,31)23-11-4-5-12-24(23)32-25(34)19-9-6-10-20(15-19)33-26(35)21-14-13-18(16-22(21)27(33)36)17-7-2-1-3-8-17/h1-12,15,18,21-22H,13-14,16H2,(H,32,34)/t18-,21+,22-/m1/s1. The highest BCUT2D eigenvalue weighted by molar-refractivity contribution is 6.22. The molecule has 2 aliphatic rings. The van der Waals surface area contributed by atoms with Gasteiger partial charge in [-0.3, -0.25) is 19.3 Å². The Hall–Kier alpha value is -3.94. The van der Waals surface area contributed by atoms with E-state index in [2.05, 4.69) is 5.32 Å². The predicted octanol–water partition coefficient (Wildman–Crippen LogP) is 6.03. The molecule has 0 bridgehead atoms. The van der Waals surface area contributed by atoms with Gasteiger partial charge in [0.25, 0.3) is 5.91 Å². The van der Waals surface area contributed by atoms with E-state index in [1.807, 2.05) is 30.3 Å². The monoisotopic (exact) mass is 492 g/mol. The number of para-hydroxylation sites is 1. The van der Waals surface area contributed by atoms with E-state index in [1.54, 1.807) is 6.07 Å². The lowest BCUT2D eigenvalue weighted by molar-refractivity contribution is -0.137. The maximum absolute atomic E-state index is 13.3. The number of halogens is 3. The van der Waals surface area contributed by atoms with Crippen LogP contribution in [-0.4, -0.2) is 17.7 Å². The Morgan fingerprint density at radius 3 is 2.28 bits per heavy atom. The Kier molecular flexibility index (Phi) is 6.12. The number of imide groups is 1. The maximum Gasteiger partial charge on any atom is 0.418 e. The maximum atomic E-state index is 13.3. The average Bonchev–Trinajstić information content (AvgIpc) is 3.13.